The average molecular weight is 188 g/mol. The summed E-state index contributed by atoms with van der Waals surface area (Å²) in [5, 5.41) is 5.78. The Bertz CT molecular complexity index is 129. The standard InChI is InChI=1S/C9H20N2O2/c1-3-10-7-5-6-8-13-9(12)11-4-2/h10H,3-8H2,1-2H3,(H,11,12). The lowest BCUT2D eigenvalue weighted by Gasteiger charge is -2.04. The number of rotatable bonds is 7. The summed E-state index contributed by atoms with van der Waals surface area (Å²) in [6.45, 7) is 7.07. The van der Waals surface area contributed by atoms with E-state index in [2.05, 4.69) is 17.6 Å². The van der Waals surface area contributed by atoms with Crippen LogP contribution in [0, 0.1) is 0 Å². The molecule has 13 heavy (non-hydrogen) atoms. The molecule has 0 fully saturated rings. The highest BCUT2D eigenvalue weighted by Gasteiger charge is 1.97. The Morgan fingerprint density at radius 2 is 2.00 bits per heavy atom. The van der Waals surface area contributed by atoms with E-state index >= 15 is 0 Å². The molecule has 4 heteroatoms. The SMILES string of the molecule is CCNCCCCOC(=O)NCC. The van der Waals surface area contributed by atoms with Gasteiger partial charge in [0.1, 0.15) is 0 Å². The first-order valence-corrected chi connectivity index (χ1v) is 4.92. The number of ether oxygens (including phenoxy) is 1. The molecule has 0 radical (unpaired) electrons. The number of nitrogens with one attached hydrogen (secondary N) is 2. The van der Waals surface area contributed by atoms with E-state index in [4.69, 9.17) is 4.74 Å². The molecule has 0 bridgehead atoms. The first kappa shape index (κ1) is 12.2. The van der Waals surface area contributed by atoms with Crippen LogP contribution >= 0.6 is 0 Å². The van der Waals surface area contributed by atoms with E-state index in [9.17, 15) is 4.79 Å². The molecular weight excluding hydrogens is 168 g/mol. The Kier molecular flexibility index (Phi) is 8.77. The van der Waals surface area contributed by atoms with E-state index in [1.54, 1.807) is 0 Å². The van der Waals surface area contributed by atoms with Crippen LogP contribution in [0.5, 0.6) is 0 Å². The molecule has 0 aliphatic carbocycles. The van der Waals surface area contributed by atoms with Crippen molar-refractivity contribution in [1.82, 2.24) is 10.6 Å². The molecule has 0 aliphatic heterocycles. The fourth-order valence-corrected chi connectivity index (χ4v) is 0.889. The zero-order valence-corrected chi connectivity index (χ0v) is 8.56. The zero-order chi connectivity index (χ0) is 9.94. The Morgan fingerprint density at radius 3 is 2.62 bits per heavy atom. The lowest BCUT2D eigenvalue weighted by atomic mass is 10.3. The molecule has 2 N–H and O–H groups in total. The summed E-state index contributed by atoms with van der Waals surface area (Å²) in [4.78, 5) is 10.8. The molecule has 0 aromatic heterocycles. The van der Waals surface area contributed by atoms with Crippen LogP contribution < -0.4 is 10.6 Å². The fraction of sp³-hybridized carbons (Fsp3) is 0.889. The van der Waals surface area contributed by atoms with Gasteiger partial charge in [0.05, 0.1) is 6.61 Å². The third-order valence-electron chi connectivity index (χ3n) is 1.55. The van der Waals surface area contributed by atoms with Crippen LogP contribution in [0.2, 0.25) is 0 Å². The summed E-state index contributed by atoms with van der Waals surface area (Å²) >= 11 is 0. The molecule has 0 saturated carbocycles. The number of amides is 1. The van der Waals surface area contributed by atoms with E-state index in [0.717, 1.165) is 25.9 Å². The maximum absolute atomic E-state index is 10.8. The maximum atomic E-state index is 10.8. The number of unbranched alkanes of at least 4 members (excludes halogenated alkanes) is 1. The topological polar surface area (TPSA) is 50.4 Å². The summed E-state index contributed by atoms with van der Waals surface area (Å²) in [7, 11) is 0. The zero-order valence-electron chi connectivity index (χ0n) is 8.56. The minimum absolute atomic E-state index is 0.314. The van der Waals surface area contributed by atoms with Crippen LogP contribution in [0.1, 0.15) is 26.7 Å². The second-order valence-corrected chi connectivity index (χ2v) is 2.73. The number of hydrogen-bond donors (Lipinski definition) is 2. The van der Waals surface area contributed by atoms with Crippen LogP contribution in [0.3, 0.4) is 0 Å². The summed E-state index contributed by atoms with van der Waals surface area (Å²) in [6, 6.07) is 0. The average Bonchev–Trinajstić information content (AvgIpc) is 2.11. The summed E-state index contributed by atoms with van der Waals surface area (Å²) < 4.78 is 4.88. The van der Waals surface area contributed by atoms with Crippen molar-refractivity contribution in [3.05, 3.63) is 0 Å². The van der Waals surface area contributed by atoms with Crippen LogP contribution in [-0.4, -0.2) is 32.3 Å². The van der Waals surface area contributed by atoms with Gasteiger partial charge in [-0.1, -0.05) is 6.92 Å². The number of alkyl carbamates (subject to hydrolysis) is 1. The van der Waals surface area contributed by atoms with Gasteiger partial charge in [0.25, 0.3) is 0 Å². The fourth-order valence-electron chi connectivity index (χ4n) is 0.889. The Balaban J connectivity index is 3.02. The predicted molar refractivity (Wildman–Crippen MR) is 52.8 cm³/mol. The van der Waals surface area contributed by atoms with Crippen molar-refractivity contribution in [2.45, 2.75) is 26.7 Å². The lowest BCUT2D eigenvalue weighted by Crippen LogP contribution is -2.24. The largest absolute Gasteiger partial charge is 0.450 e. The lowest BCUT2D eigenvalue weighted by molar-refractivity contribution is 0.144. The number of hydrogen-bond acceptors (Lipinski definition) is 3. The van der Waals surface area contributed by atoms with Gasteiger partial charge >= 0.3 is 6.09 Å². The van der Waals surface area contributed by atoms with Gasteiger partial charge in [-0.3, -0.25) is 0 Å². The molecule has 0 aliphatic rings. The molecular formula is C9H20N2O2. The minimum atomic E-state index is -0.314. The van der Waals surface area contributed by atoms with E-state index in [-0.39, 0.29) is 6.09 Å². The number of carbonyl (C=O) groups is 1. The van der Waals surface area contributed by atoms with Crippen LogP contribution in [0.25, 0.3) is 0 Å². The Labute approximate surface area is 80.0 Å². The van der Waals surface area contributed by atoms with Crippen molar-refractivity contribution >= 4 is 6.09 Å². The van der Waals surface area contributed by atoms with Gasteiger partial charge in [0.15, 0.2) is 0 Å². The third kappa shape index (κ3) is 9.14. The quantitative estimate of drug-likeness (QED) is 0.589. The van der Waals surface area contributed by atoms with E-state index in [1.165, 1.54) is 0 Å². The van der Waals surface area contributed by atoms with Gasteiger partial charge in [-0.25, -0.2) is 4.79 Å². The number of carbonyl (C=O) groups excluding carboxylic acids is 1. The molecule has 0 saturated heterocycles. The van der Waals surface area contributed by atoms with Crippen molar-refractivity contribution in [2.75, 3.05) is 26.2 Å². The van der Waals surface area contributed by atoms with Gasteiger partial charge in [-0.2, -0.15) is 0 Å². The molecule has 0 heterocycles. The summed E-state index contributed by atoms with van der Waals surface area (Å²) in [5.74, 6) is 0. The summed E-state index contributed by atoms with van der Waals surface area (Å²) in [5.41, 5.74) is 0. The molecule has 78 valence electrons. The molecule has 0 aromatic rings. The molecule has 4 nitrogen and oxygen atoms in total. The first-order valence-electron chi connectivity index (χ1n) is 4.92. The van der Waals surface area contributed by atoms with Crippen molar-refractivity contribution in [3.63, 3.8) is 0 Å². The van der Waals surface area contributed by atoms with Crippen LogP contribution in [0.15, 0.2) is 0 Å². The van der Waals surface area contributed by atoms with Crippen molar-refractivity contribution in [1.29, 1.82) is 0 Å². The van der Waals surface area contributed by atoms with E-state index < -0.39 is 0 Å². The van der Waals surface area contributed by atoms with Gasteiger partial charge in [-0.05, 0) is 32.9 Å². The normalized spacial score (nSPS) is 9.69. The molecule has 0 spiro atoms. The monoisotopic (exact) mass is 188 g/mol. The molecule has 0 atom stereocenters. The van der Waals surface area contributed by atoms with E-state index in [0.29, 0.717) is 13.2 Å². The minimum Gasteiger partial charge on any atom is -0.450 e. The third-order valence-corrected chi connectivity index (χ3v) is 1.55. The predicted octanol–water partition coefficient (Wildman–Crippen LogP) is 1.12. The smallest absolute Gasteiger partial charge is 0.407 e. The first-order chi connectivity index (χ1) is 6.31. The van der Waals surface area contributed by atoms with E-state index in [1.807, 2.05) is 6.92 Å². The second kappa shape index (κ2) is 9.32. The van der Waals surface area contributed by atoms with Crippen molar-refractivity contribution in [3.8, 4) is 0 Å². The highest BCUT2D eigenvalue weighted by Crippen LogP contribution is 1.88. The van der Waals surface area contributed by atoms with Crippen LogP contribution in [-0.2, 0) is 4.74 Å². The highest BCUT2D eigenvalue weighted by atomic mass is 16.5. The van der Waals surface area contributed by atoms with Gasteiger partial charge < -0.3 is 15.4 Å². The molecule has 1 amide bonds. The highest BCUT2D eigenvalue weighted by molar-refractivity contribution is 5.66. The van der Waals surface area contributed by atoms with Crippen molar-refractivity contribution in [2.24, 2.45) is 0 Å². The van der Waals surface area contributed by atoms with Gasteiger partial charge in [0.2, 0.25) is 0 Å². The molecule has 0 aromatic carbocycles. The van der Waals surface area contributed by atoms with Crippen molar-refractivity contribution < 1.29 is 9.53 Å². The van der Waals surface area contributed by atoms with Crippen LogP contribution in [0.4, 0.5) is 4.79 Å². The summed E-state index contributed by atoms with van der Waals surface area (Å²) in [6.07, 6.45) is 1.66. The second-order valence-electron chi connectivity index (χ2n) is 2.73. The maximum Gasteiger partial charge on any atom is 0.407 e. The van der Waals surface area contributed by atoms with Gasteiger partial charge in [-0.15, -0.1) is 0 Å². The Morgan fingerprint density at radius 1 is 1.23 bits per heavy atom. The molecule has 0 rings (SSSR count). The molecule has 0 unspecified atom stereocenters. The Hall–Kier alpha value is -0.770. The van der Waals surface area contributed by atoms with Gasteiger partial charge in [0, 0.05) is 6.54 Å².